The predicted octanol–water partition coefficient (Wildman–Crippen LogP) is 2.02. The van der Waals surface area contributed by atoms with Gasteiger partial charge in [-0.2, -0.15) is 16.7 Å². The summed E-state index contributed by atoms with van der Waals surface area (Å²) in [7, 11) is 0. The molecule has 104 valence electrons. The summed E-state index contributed by atoms with van der Waals surface area (Å²) < 4.78 is 5.27. The van der Waals surface area contributed by atoms with Crippen LogP contribution in [-0.2, 0) is 0 Å². The molecule has 1 saturated heterocycles. The first-order valence-electron chi connectivity index (χ1n) is 6.13. The largest absolute Gasteiger partial charge is 0.337 e. The van der Waals surface area contributed by atoms with Crippen molar-refractivity contribution in [2.75, 3.05) is 18.1 Å². The van der Waals surface area contributed by atoms with E-state index in [1.807, 2.05) is 11.8 Å². The molecule has 1 unspecified atom stereocenters. The SMILES string of the molecule is O=[N+]([O-])c1ccc(-c2noc(C3CSCCN3)n2)cc1. The van der Waals surface area contributed by atoms with Crippen LogP contribution in [0.1, 0.15) is 11.9 Å². The number of thioether (sulfide) groups is 1. The van der Waals surface area contributed by atoms with Crippen LogP contribution in [0.25, 0.3) is 11.4 Å². The fraction of sp³-hybridized carbons (Fsp3) is 0.333. The second-order valence-electron chi connectivity index (χ2n) is 4.34. The Morgan fingerprint density at radius 3 is 2.85 bits per heavy atom. The monoisotopic (exact) mass is 292 g/mol. The van der Waals surface area contributed by atoms with Gasteiger partial charge >= 0.3 is 0 Å². The van der Waals surface area contributed by atoms with Crippen LogP contribution in [0.3, 0.4) is 0 Å². The number of hydrogen-bond donors (Lipinski definition) is 1. The molecule has 0 aliphatic carbocycles. The number of nitro groups is 1. The molecule has 8 heteroatoms. The maximum atomic E-state index is 10.6. The third-order valence-corrected chi connectivity index (χ3v) is 4.06. The number of benzene rings is 1. The highest BCUT2D eigenvalue weighted by Gasteiger charge is 2.21. The minimum atomic E-state index is -0.436. The van der Waals surface area contributed by atoms with Crippen molar-refractivity contribution in [3.8, 4) is 11.4 Å². The highest BCUT2D eigenvalue weighted by molar-refractivity contribution is 7.99. The van der Waals surface area contributed by atoms with Crippen LogP contribution in [0, 0.1) is 10.1 Å². The Balaban J connectivity index is 1.80. The second kappa shape index (κ2) is 5.59. The number of nitrogens with zero attached hydrogens (tertiary/aromatic N) is 3. The molecule has 1 N–H and O–H groups in total. The number of hydrogen-bond acceptors (Lipinski definition) is 7. The summed E-state index contributed by atoms with van der Waals surface area (Å²) >= 11 is 1.84. The van der Waals surface area contributed by atoms with Crippen molar-refractivity contribution in [1.29, 1.82) is 0 Å². The van der Waals surface area contributed by atoms with Crippen LogP contribution in [-0.4, -0.2) is 33.1 Å². The molecular formula is C12H12N4O3S. The summed E-state index contributed by atoms with van der Waals surface area (Å²) in [5.74, 6) is 3.00. The Hall–Kier alpha value is -1.93. The van der Waals surface area contributed by atoms with Crippen LogP contribution in [0.4, 0.5) is 5.69 Å². The van der Waals surface area contributed by atoms with Crippen molar-refractivity contribution in [1.82, 2.24) is 15.5 Å². The lowest BCUT2D eigenvalue weighted by atomic mass is 10.2. The lowest BCUT2D eigenvalue weighted by Gasteiger charge is -2.19. The normalized spacial score (nSPS) is 18.9. The molecule has 0 radical (unpaired) electrons. The second-order valence-corrected chi connectivity index (χ2v) is 5.49. The standard InChI is InChI=1S/C12H12N4O3S/c17-16(18)9-3-1-8(2-4-9)11-14-12(19-15-11)10-7-20-6-5-13-10/h1-4,10,13H,5-7H2. The summed E-state index contributed by atoms with van der Waals surface area (Å²) in [5, 5.41) is 17.9. The Labute approximate surface area is 118 Å². The fourth-order valence-corrected chi connectivity index (χ4v) is 2.88. The van der Waals surface area contributed by atoms with Gasteiger partial charge in [-0.05, 0) is 12.1 Å². The lowest BCUT2D eigenvalue weighted by Crippen LogP contribution is -2.30. The molecule has 1 aromatic heterocycles. The van der Waals surface area contributed by atoms with Crippen LogP contribution in [0.2, 0.25) is 0 Å². The van der Waals surface area contributed by atoms with Gasteiger partial charge in [-0.3, -0.25) is 10.1 Å². The van der Waals surface area contributed by atoms with Crippen LogP contribution < -0.4 is 5.32 Å². The summed E-state index contributed by atoms with van der Waals surface area (Å²) in [6, 6.07) is 6.18. The van der Waals surface area contributed by atoms with E-state index in [4.69, 9.17) is 4.52 Å². The maximum Gasteiger partial charge on any atom is 0.269 e. The molecule has 0 bridgehead atoms. The first-order chi connectivity index (χ1) is 9.74. The van der Waals surface area contributed by atoms with E-state index in [1.54, 1.807) is 12.1 Å². The third-order valence-electron chi connectivity index (χ3n) is 3.00. The highest BCUT2D eigenvalue weighted by Crippen LogP contribution is 2.24. The quantitative estimate of drug-likeness (QED) is 0.683. The molecule has 2 heterocycles. The van der Waals surface area contributed by atoms with E-state index < -0.39 is 4.92 Å². The number of nitrogens with one attached hydrogen (secondary N) is 1. The number of rotatable bonds is 3. The lowest BCUT2D eigenvalue weighted by molar-refractivity contribution is -0.384. The molecule has 1 aliphatic rings. The minimum Gasteiger partial charge on any atom is -0.337 e. The summed E-state index contributed by atoms with van der Waals surface area (Å²) in [6.45, 7) is 0.921. The zero-order valence-corrected chi connectivity index (χ0v) is 11.3. The Bertz CT molecular complexity index is 607. The fourth-order valence-electron chi connectivity index (χ4n) is 1.95. The molecule has 1 aromatic carbocycles. The molecule has 0 saturated carbocycles. The Kier molecular flexibility index (Phi) is 3.66. The Morgan fingerprint density at radius 2 is 2.20 bits per heavy atom. The Morgan fingerprint density at radius 1 is 1.40 bits per heavy atom. The van der Waals surface area contributed by atoms with Gasteiger partial charge in [-0.15, -0.1) is 0 Å². The van der Waals surface area contributed by atoms with E-state index in [2.05, 4.69) is 15.5 Å². The molecule has 7 nitrogen and oxygen atoms in total. The van der Waals surface area contributed by atoms with Crippen LogP contribution in [0.5, 0.6) is 0 Å². The van der Waals surface area contributed by atoms with E-state index in [0.29, 0.717) is 17.3 Å². The van der Waals surface area contributed by atoms with Gasteiger partial charge < -0.3 is 9.84 Å². The van der Waals surface area contributed by atoms with Gasteiger partial charge in [-0.25, -0.2) is 0 Å². The van der Waals surface area contributed by atoms with Crippen LogP contribution >= 0.6 is 11.8 Å². The molecule has 20 heavy (non-hydrogen) atoms. The van der Waals surface area contributed by atoms with E-state index in [0.717, 1.165) is 18.1 Å². The number of nitro benzene ring substituents is 1. The summed E-state index contributed by atoms with van der Waals surface area (Å²) in [4.78, 5) is 14.5. The van der Waals surface area contributed by atoms with Crippen molar-refractivity contribution in [3.63, 3.8) is 0 Å². The van der Waals surface area contributed by atoms with Crippen molar-refractivity contribution in [2.45, 2.75) is 6.04 Å². The van der Waals surface area contributed by atoms with Crippen LogP contribution in [0.15, 0.2) is 28.8 Å². The van der Waals surface area contributed by atoms with E-state index in [9.17, 15) is 10.1 Å². The average molecular weight is 292 g/mol. The van der Waals surface area contributed by atoms with E-state index in [-0.39, 0.29) is 11.7 Å². The highest BCUT2D eigenvalue weighted by atomic mass is 32.2. The molecular weight excluding hydrogens is 280 g/mol. The smallest absolute Gasteiger partial charge is 0.269 e. The first kappa shape index (κ1) is 13.1. The van der Waals surface area contributed by atoms with Gasteiger partial charge in [0.2, 0.25) is 11.7 Å². The zero-order valence-electron chi connectivity index (χ0n) is 10.5. The van der Waals surface area contributed by atoms with Crippen molar-refractivity contribution in [3.05, 3.63) is 40.3 Å². The topological polar surface area (TPSA) is 94.1 Å². The van der Waals surface area contributed by atoms with Gasteiger partial charge in [0.25, 0.3) is 5.69 Å². The molecule has 0 spiro atoms. The molecule has 1 aliphatic heterocycles. The van der Waals surface area contributed by atoms with E-state index in [1.165, 1.54) is 12.1 Å². The van der Waals surface area contributed by atoms with Gasteiger partial charge in [0.15, 0.2) is 0 Å². The number of non-ortho nitro benzene ring substituents is 1. The average Bonchev–Trinajstić information content (AvgIpc) is 2.98. The van der Waals surface area contributed by atoms with E-state index >= 15 is 0 Å². The summed E-state index contributed by atoms with van der Waals surface area (Å²) in [6.07, 6.45) is 0. The molecule has 1 atom stereocenters. The number of aromatic nitrogens is 2. The van der Waals surface area contributed by atoms with Gasteiger partial charge in [0.05, 0.1) is 11.0 Å². The van der Waals surface area contributed by atoms with Crippen molar-refractivity contribution < 1.29 is 9.45 Å². The first-order valence-corrected chi connectivity index (χ1v) is 7.29. The molecule has 1 fully saturated rings. The van der Waals surface area contributed by atoms with Crippen molar-refractivity contribution >= 4 is 17.4 Å². The predicted molar refractivity (Wildman–Crippen MR) is 74.5 cm³/mol. The summed E-state index contributed by atoms with van der Waals surface area (Å²) in [5.41, 5.74) is 0.747. The minimum absolute atomic E-state index is 0.0443. The molecule has 3 rings (SSSR count). The molecule has 0 amide bonds. The van der Waals surface area contributed by atoms with Crippen molar-refractivity contribution in [2.24, 2.45) is 0 Å². The van der Waals surface area contributed by atoms with Gasteiger partial charge in [0, 0.05) is 35.7 Å². The molecule has 2 aromatic rings. The van der Waals surface area contributed by atoms with Gasteiger partial charge in [-0.1, -0.05) is 5.16 Å². The van der Waals surface area contributed by atoms with Gasteiger partial charge in [0.1, 0.15) is 0 Å². The third kappa shape index (κ3) is 2.66. The zero-order chi connectivity index (χ0) is 13.9. The maximum absolute atomic E-state index is 10.6.